The molecule has 0 aliphatic rings. The van der Waals surface area contributed by atoms with E-state index in [4.69, 9.17) is 0 Å². The van der Waals surface area contributed by atoms with E-state index in [2.05, 4.69) is 31.2 Å². The number of hydrogen-bond acceptors (Lipinski definition) is 6. The zero-order chi connectivity index (χ0) is 19.3. The van der Waals surface area contributed by atoms with E-state index in [0.717, 1.165) is 20.4 Å². The molecule has 10 heteroatoms. The van der Waals surface area contributed by atoms with Crippen LogP contribution in [0.1, 0.15) is 0 Å². The Morgan fingerprint density at radius 1 is 0.714 bits per heavy atom. The van der Waals surface area contributed by atoms with E-state index in [0.29, 0.717) is 10.3 Å². The molecule has 0 bridgehead atoms. The van der Waals surface area contributed by atoms with Crippen molar-refractivity contribution in [1.82, 2.24) is 20.6 Å². The number of fused-ring (bicyclic) bond motifs is 2. The molecule has 0 atom stereocenters. The summed E-state index contributed by atoms with van der Waals surface area (Å²) in [6.07, 6.45) is 0. The molecule has 0 saturated heterocycles. The summed E-state index contributed by atoms with van der Waals surface area (Å²) < 4.78 is 2.01. The first-order chi connectivity index (χ1) is 13.7. The average molecular weight is 413 g/mol. The molecule has 0 unspecified atom stereocenters. The molecular weight excluding hydrogens is 396 g/mol. The molecule has 28 heavy (non-hydrogen) atoms. The fraction of sp³-hybridized carbons (Fsp3) is 0.111. The highest BCUT2D eigenvalue weighted by molar-refractivity contribution is 7.22. The minimum absolute atomic E-state index is 0.282. The standard InChI is InChI=1S/C18H16N6O2S2/c25-15(23-17-21-11-5-1-3-7-13(11)27-17)19-9-10-20-16(26)24-18-22-12-6-2-4-8-14(12)28-18/h1-8H,9-10H2,(H2,19,21,23,25)(H2,20,22,24,26). The zero-order valence-corrected chi connectivity index (χ0v) is 16.2. The highest BCUT2D eigenvalue weighted by atomic mass is 32.1. The topological polar surface area (TPSA) is 108 Å². The van der Waals surface area contributed by atoms with Crippen LogP contribution in [-0.4, -0.2) is 35.1 Å². The Hall–Kier alpha value is -3.24. The average Bonchev–Trinajstić information content (AvgIpc) is 3.27. The summed E-state index contributed by atoms with van der Waals surface area (Å²) in [6, 6.07) is 14.6. The molecular formula is C18H16N6O2S2. The lowest BCUT2D eigenvalue weighted by atomic mass is 10.3. The Morgan fingerprint density at radius 3 is 1.57 bits per heavy atom. The summed E-state index contributed by atoms with van der Waals surface area (Å²) in [5.41, 5.74) is 1.69. The van der Waals surface area contributed by atoms with Crippen LogP contribution < -0.4 is 21.3 Å². The maximum Gasteiger partial charge on any atom is 0.321 e. The highest BCUT2D eigenvalue weighted by Crippen LogP contribution is 2.26. The molecule has 4 amide bonds. The molecule has 142 valence electrons. The van der Waals surface area contributed by atoms with Gasteiger partial charge in [-0.05, 0) is 24.3 Å². The lowest BCUT2D eigenvalue weighted by Gasteiger charge is -2.07. The van der Waals surface area contributed by atoms with Gasteiger partial charge in [-0.15, -0.1) is 0 Å². The number of urea groups is 2. The van der Waals surface area contributed by atoms with Crippen molar-refractivity contribution in [2.45, 2.75) is 0 Å². The van der Waals surface area contributed by atoms with Crippen LogP contribution in [0.25, 0.3) is 20.4 Å². The number of rotatable bonds is 5. The van der Waals surface area contributed by atoms with Crippen molar-refractivity contribution in [3.8, 4) is 0 Å². The van der Waals surface area contributed by atoms with E-state index in [1.54, 1.807) is 0 Å². The van der Waals surface area contributed by atoms with Crippen LogP contribution in [0.3, 0.4) is 0 Å². The molecule has 4 aromatic rings. The Balaban J connectivity index is 1.19. The van der Waals surface area contributed by atoms with Gasteiger partial charge in [-0.25, -0.2) is 19.6 Å². The van der Waals surface area contributed by atoms with E-state index in [1.807, 2.05) is 48.5 Å². The van der Waals surface area contributed by atoms with Crippen LogP contribution in [0, 0.1) is 0 Å². The van der Waals surface area contributed by atoms with E-state index in [9.17, 15) is 9.59 Å². The summed E-state index contributed by atoms with van der Waals surface area (Å²) >= 11 is 2.81. The summed E-state index contributed by atoms with van der Waals surface area (Å²) in [7, 11) is 0. The Bertz CT molecular complexity index is 983. The van der Waals surface area contributed by atoms with Gasteiger partial charge in [0.15, 0.2) is 10.3 Å². The second kappa shape index (κ2) is 8.19. The van der Waals surface area contributed by atoms with Crippen molar-refractivity contribution >= 4 is 65.4 Å². The quantitative estimate of drug-likeness (QED) is 0.373. The van der Waals surface area contributed by atoms with Crippen LogP contribution in [0.4, 0.5) is 19.9 Å². The molecule has 2 heterocycles. The third-order valence-corrected chi connectivity index (χ3v) is 5.63. The van der Waals surface area contributed by atoms with Gasteiger partial charge in [0.05, 0.1) is 20.4 Å². The molecule has 8 nitrogen and oxygen atoms in total. The minimum atomic E-state index is -0.368. The first-order valence-electron chi connectivity index (χ1n) is 8.48. The molecule has 0 saturated carbocycles. The summed E-state index contributed by atoms with van der Waals surface area (Å²) in [4.78, 5) is 32.5. The number of para-hydroxylation sites is 2. The van der Waals surface area contributed by atoms with Crippen LogP contribution in [0.15, 0.2) is 48.5 Å². The zero-order valence-electron chi connectivity index (χ0n) is 14.6. The normalized spacial score (nSPS) is 10.7. The number of nitrogens with zero attached hydrogens (tertiary/aromatic N) is 2. The van der Waals surface area contributed by atoms with Crippen LogP contribution >= 0.6 is 22.7 Å². The fourth-order valence-electron chi connectivity index (χ4n) is 2.49. The first-order valence-corrected chi connectivity index (χ1v) is 10.1. The van der Waals surface area contributed by atoms with E-state index >= 15 is 0 Å². The number of anilines is 2. The number of amides is 4. The van der Waals surface area contributed by atoms with Gasteiger partial charge < -0.3 is 10.6 Å². The Morgan fingerprint density at radius 2 is 1.14 bits per heavy atom. The lowest BCUT2D eigenvalue weighted by Crippen LogP contribution is -2.38. The number of carbonyl (C=O) groups excluding carboxylic acids is 2. The number of nitrogens with one attached hydrogen (secondary N) is 4. The van der Waals surface area contributed by atoms with Crippen molar-refractivity contribution in [1.29, 1.82) is 0 Å². The molecule has 2 aromatic heterocycles. The summed E-state index contributed by atoms with van der Waals surface area (Å²) in [5.74, 6) is 0. The molecule has 0 radical (unpaired) electrons. The van der Waals surface area contributed by atoms with Crippen molar-refractivity contribution in [3.05, 3.63) is 48.5 Å². The maximum atomic E-state index is 11.9. The molecule has 4 rings (SSSR count). The predicted octanol–water partition coefficient (Wildman–Crippen LogP) is 3.85. The van der Waals surface area contributed by atoms with Crippen LogP contribution in [0.5, 0.6) is 0 Å². The summed E-state index contributed by atoms with van der Waals surface area (Å²) in [6.45, 7) is 0.563. The predicted molar refractivity (Wildman–Crippen MR) is 113 cm³/mol. The molecule has 0 spiro atoms. The van der Waals surface area contributed by atoms with Crippen molar-refractivity contribution in [2.24, 2.45) is 0 Å². The smallest absolute Gasteiger partial charge is 0.321 e. The number of carbonyl (C=O) groups is 2. The Kier molecular flexibility index (Phi) is 5.31. The second-order valence-electron chi connectivity index (χ2n) is 5.74. The molecule has 0 fully saturated rings. The van der Waals surface area contributed by atoms with Crippen LogP contribution in [-0.2, 0) is 0 Å². The van der Waals surface area contributed by atoms with Gasteiger partial charge in [-0.2, -0.15) is 0 Å². The molecule has 4 N–H and O–H groups in total. The second-order valence-corrected chi connectivity index (χ2v) is 7.80. The third-order valence-electron chi connectivity index (χ3n) is 3.72. The SMILES string of the molecule is O=C(NCCNC(=O)Nc1nc2ccccc2s1)Nc1nc2ccccc2s1. The van der Waals surface area contributed by atoms with Gasteiger partial charge in [0.2, 0.25) is 0 Å². The van der Waals surface area contributed by atoms with E-state index in [-0.39, 0.29) is 25.2 Å². The first kappa shape index (κ1) is 18.1. The van der Waals surface area contributed by atoms with Crippen molar-refractivity contribution in [3.63, 3.8) is 0 Å². The van der Waals surface area contributed by atoms with Gasteiger partial charge in [0.25, 0.3) is 0 Å². The number of thiazole rings is 2. The number of aromatic nitrogens is 2. The maximum absolute atomic E-state index is 11.9. The van der Waals surface area contributed by atoms with Gasteiger partial charge in [0.1, 0.15) is 0 Å². The van der Waals surface area contributed by atoms with Gasteiger partial charge in [-0.1, -0.05) is 46.9 Å². The number of benzene rings is 2. The van der Waals surface area contributed by atoms with Crippen LogP contribution in [0.2, 0.25) is 0 Å². The van der Waals surface area contributed by atoms with Gasteiger partial charge in [0, 0.05) is 13.1 Å². The highest BCUT2D eigenvalue weighted by Gasteiger charge is 2.08. The Labute approximate surface area is 168 Å². The van der Waals surface area contributed by atoms with E-state index < -0.39 is 0 Å². The summed E-state index contributed by atoms with van der Waals surface area (Å²) in [5, 5.41) is 11.8. The lowest BCUT2D eigenvalue weighted by molar-refractivity contribution is 0.248. The van der Waals surface area contributed by atoms with Gasteiger partial charge in [-0.3, -0.25) is 10.6 Å². The molecule has 2 aromatic carbocycles. The molecule has 0 aliphatic carbocycles. The number of hydrogen-bond donors (Lipinski definition) is 4. The van der Waals surface area contributed by atoms with Crippen molar-refractivity contribution in [2.75, 3.05) is 23.7 Å². The fourth-order valence-corrected chi connectivity index (χ4v) is 4.21. The largest absolute Gasteiger partial charge is 0.336 e. The van der Waals surface area contributed by atoms with E-state index in [1.165, 1.54) is 22.7 Å². The van der Waals surface area contributed by atoms with Crippen molar-refractivity contribution < 1.29 is 9.59 Å². The minimum Gasteiger partial charge on any atom is -0.336 e. The third kappa shape index (κ3) is 4.35. The molecule has 0 aliphatic heterocycles. The monoisotopic (exact) mass is 412 g/mol. The van der Waals surface area contributed by atoms with Gasteiger partial charge >= 0.3 is 12.1 Å².